The van der Waals surface area contributed by atoms with Crippen molar-refractivity contribution in [1.82, 2.24) is 0 Å². The Morgan fingerprint density at radius 1 is 1.20 bits per heavy atom. The van der Waals surface area contributed by atoms with Gasteiger partial charge in [0.05, 0.1) is 12.6 Å². The van der Waals surface area contributed by atoms with E-state index in [1.807, 2.05) is 24.3 Å². The molecule has 0 fully saturated rings. The number of benzene rings is 1. The first-order chi connectivity index (χ1) is 9.63. The standard InChI is InChI=1S/C17H23NOS/c1-5-15-8-10-17(20-15)13(4)18-16-9-7-14(19-6-2)11-12(16)3/h7-11,13,18H,5-6H2,1-4H3. The van der Waals surface area contributed by atoms with Crippen LogP contribution in [0.3, 0.4) is 0 Å². The van der Waals surface area contributed by atoms with E-state index in [4.69, 9.17) is 4.74 Å². The van der Waals surface area contributed by atoms with Crippen LogP contribution in [-0.4, -0.2) is 6.61 Å². The van der Waals surface area contributed by atoms with E-state index >= 15 is 0 Å². The molecule has 2 rings (SSSR count). The summed E-state index contributed by atoms with van der Waals surface area (Å²) >= 11 is 1.89. The summed E-state index contributed by atoms with van der Waals surface area (Å²) < 4.78 is 5.52. The third-order valence-corrected chi connectivity index (χ3v) is 4.75. The molecule has 1 aromatic heterocycles. The van der Waals surface area contributed by atoms with E-state index in [1.54, 1.807) is 0 Å². The third kappa shape index (κ3) is 3.54. The molecule has 2 nitrogen and oxygen atoms in total. The monoisotopic (exact) mass is 289 g/mol. The van der Waals surface area contributed by atoms with E-state index in [9.17, 15) is 0 Å². The summed E-state index contributed by atoms with van der Waals surface area (Å²) in [5.74, 6) is 0.938. The molecule has 0 aliphatic rings. The molecule has 0 amide bonds. The Balaban J connectivity index is 2.09. The van der Waals surface area contributed by atoms with Crippen LogP contribution >= 0.6 is 11.3 Å². The number of aryl methyl sites for hydroxylation is 2. The fourth-order valence-corrected chi connectivity index (χ4v) is 3.13. The van der Waals surface area contributed by atoms with Crippen molar-refractivity contribution in [1.29, 1.82) is 0 Å². The minimum Gasteiger partial charge on any atom is -0.494 e. The highest BCUT2D eigenvalue weighted by Gasteiger charge is 2.10. The summed E-state index contributed by atoms with van der Waals surface area (Å²) in [7, 11) is 0. The molecular weight excluding hydrogens is 266 g/mol. The van der Waals surface area contributed by atoms with Gasteiger partial charge >= 0.3 is 0 Å². The number of rotatable bonds is 6. The lowest BCUT2D eigenvalue weighted by Gasteiger charge is -2.16. The van der Waals surface area contributed by atoms with Crippen LogP contribution in [0.2, 0.25) is 0 Å². The van der Waals surface area contributed by atoms with Gasteiger partial charge in [0.1, 0.15) is 5.75 Å². The van der Waals surface area contributed by atoms with Crippen LogP contribution in [0.1, 0.15) is 42.1 Å². The van der Waals surface area contributed by atoms with E-state index in [2.05, 4.69) is 50.4 Å². The lowest BCUT2D eigenvalue weighted by molar-refractivity contribution is 0.340. The van der Waals surface area contributed by atoms with Gasteiger partial charge in [0.15, 0.2) is 0 Å². The normalized spacial score (nSPS) is 12.2. The lowest BCUT2D eigenvalue weighted by atomic mass is 10.1. The quantitative estimate of drug-likeness (QED) is 0.790. The molecule has 20 heavy (non-hydrogen) atoms. The predicted molar refractivity (Wildman–Crippen MR) is 88.1 cm³/mol. The highest BCUT2D eigenvalue weighted by Crippen LogP contribution is 2.29. The van der Waals surface area contributed by atoms with Gasteiger partial charge in [-0.1, -0.05) is 6.92 Å². The maximum Gasteiger partial charge on any atom is 0.119 e. The first-order valence-electron chi connectivity index (χ1n) is 7.22. The molecule has 0 bridgehead atoms. The lowest BCUT2D eigenvalue weighted by Crippen LogP contribution is -2.06. The zero-order valence-electron chi connectivity index (χ0n) is 12.7. The largest absolute Gasteiger partial charge is 0.494 e. The maximum absolute atomic E-state index is 5.52. The van der Waals surface area contributed by atoms with Gasteiger partial charge in [-0.25, -0.2) is 0 Å². The molecule has 0 saturated carbocycles. The summed E-state index contributed by atoms with van der Waals surface area (Å²) in [5.41, 5.74) is 2.39. The van der Waals surface area contributed by atoms with Gasteiger partial charge in [-0.05, 0) is 63.1 Å². The van der Waals surface area contributed by atoms with Gasteiger partial charge in [-0.15, -0.1) is 11.3 Å². The van der Waals surface area contributed by atoms with Gasteiger partial charge in [-0.2, -0.15) is 0 Å². The first-order valence-corrected chi connectivity index (χ1v) is 8.04. The fourth-order valence-electron chi connectivity index (χ4n) is 2.18. The van der Waals surface area contributed by atoms with E-state index in [0.717, 1.165) is 12.2 Å². The van der Waals surface area contributed by atoms with Crippen molar-refractivity contribution in [2.45, 2.75) is 40.2 Å². The van der Waals surface area contributed by atoms with Crippen molar-refractivity contribution in [3.8, 4) is 5.75 Å². The van der Waals surface area contributed by atoms with Crippen molar-refractivity contribution in [3.63, 3.8) is 0 Å². The molecule has 0 radical (unpaired) electrons. The Morgan fingerprint density at radius 2 is 2.00 bits per heavy atom. The summed E-state index contributed by atoms with van der Waals surface area (Å²) in [6.45, 7) is 9.23. The average Bonchev–Trinajstić information content (AvgIpc) is 2.91. The third-order valence-electron chi connectivity index (χ3n) is 3.34. The number of nitrogens with one attached hydrogen (secondary N) is 1. The molecule has 0 saturated heterocycles. The molecule has 2 aromatic rings. The maximum atomic E-state index is 5.52. The second-order valence-electron chi connectivity index (χ2n) is 4.93. The van der Waals surface area contributed by atoms with Crippen LogP contribution in [0.4, 0.5) is 5.69 Å². The van der Waals surface area contributed by atoms with Gasteiger partial charge in [0.25, 0.3) is 0 Å². The molecule has 108 valence electrons. The van der Waals surface area contributed by atoms with Gasteiger partial charge in [-0.3, -0.25) is 0 Å². The summed E-state index contributed by atoms with van der Waals surface area (Å²) in [4.78, 5) is 2.83. The molecule has 0 aliphatic heterocycles. The Kier molecular flexibility index (Phi) is 5.07. The molecule has 1 aromatic carbocycles. The zero-order chi connectivity index (χ0) is 14.5. The van der Waals surface area contributed by atoms with Crippen LogP contribution in [0.5, 0.6) is 5.75 Å². The zero-order valence-corrected chi connectivity index (χ0v) is 13.5. The summed E-state index contributed by atoms with van der Waals surface area (Å²) in [6, 6.07) is 11.0. The number of anilines is 1. The second-order valence-corrected chi connectivity index (χ2v) is 6.13. The predicted octanol–water partition coefficient (Wildman–Crippen LogP) is 5.19. The number of thiophene rings is 1. The Hall–Kier alpha value is -1.48. The minimum atomic E-state index is 0.331. The first kappa shape index (κ1) is 14.9. The molecule has 3 heteroatoms. The number of hydrogen-bond donors (Lipinski definition) is 1. The van der Waals surface area contributed by atoms with Crippen molar-refractivity contribution < 1.29 is 4.74 Å². The molecular formula is C17H23NOS. The van der Waals surface area contributed by atoms with Crippen LogP contribution in [0.15, 0.2) is 30.3 Å². The van der Waals surface area contributed by atoms with E-state index in [1.165, 1.54) is 21.0 Å². The Labute approximate surface area is 125 Å². The van der Waals surface area contributed by atoms with Gasteiger partial charge < -0.3 is 10.1 Å². The Bertz CT molecular complexity index is 562. The molecule has 1 atom stereocenters. The average molecular weight is 289 g/mol. The smallest absolute Gasteiger partial charge is 0.119 e. The molecule has 0 aliphatic carbocycles. The minimum absolute atomic E-state index is 0.331. The van der Waals surface area contributed by atoms with Crippen LogP contribution in [-0.2, 0) is 6.42 Å². The van der Waals surface area contributed by atoms with Crippen molar-refractivity contribution in [3.05, 3.63) is 45.6 Å². The van der Waals surface area contributed by atoms with Gasteiger partial charge in [0, 0.05) is 15.4 Å². The van der Waals surface area contributed by atoms with E-state index in [0.29, 0.717) is 12.6 Å². The SMILES string of the molecule is CCOc1ccc(NC(C)c2ccc(CC)s2)c(C)c1. The topological polar surface area (TPSA) is 21.3 Å². The van der Waals surface area contributed by atoms with Crippen molar-refractivity contribution >= 4 is 17.0 Å². The summed E-state index contributed by atoms with van der Waals surface area (Å²) in [6.07, 6.45) is 1.11. The fraction of sp³-hybridized carbons (Fsp3) is 0.412. The van der Waals surface area contributed by atoms with Crippen molar-refractivity contribution in [2.75, 3.05) is 11.9 Å². The van der Waals surface area contributed by atoms with Gasteiger partial charge in [0.2, 0.25) is 0 Å². The van der Waals surface area contributed by atoms with Crippen LogP contribution in [0, 0.1) is 6.92 Å². The molecule has 0 spiro atoms. The van der Waals surface area contributed by atoms with Crippen LogP contribution in [0.25, 0.3) is 0 Å². The van der Waals surface area contributed by atoms with Crippen LogP contribution < -0.4 is 10.1 Å². The Morgan fingerprint density at radius 3 is 2.60 bits per heavy atom. The summed E-state index contributed by atoms with van der Waals surface area (Å²) in [5, 5.41) is 3.59. The van der Waals surface area contributed by atoms with E-state index < -0.39 is 0 Å². The van der Waals surface area contributed by atoms with E-state index in [-0.39, 0.29) is 0 Å². The second kappa shape index (κ2) is 6.80. The number of ether oxygens (including phenoxy) is 1. The van der Waals surface area contributed by atoms with Crippen molar-refractivity contribution in [2.24, 2.45) is 0 Å². The number of hydrogen-bond acceptors (Lipinski definition) is 3. The molecule has 1 unspecified atom stereocenters. The molecule has 1 heterocycles. The highest BCUT2D eigenvalue weighted by atomic mass is 32.1. The highest BCUT2D eigenvalue weighted by molar-refractivity contribution is 7.12. The molecule has 1 N–H and O–H groups in total.